The number of halogens is 1. The van der Waals surface area contributed by atoms with Crippen molar-refractivity contribution in [1.82, 2.24) is 5.32 Å². The van der Waals surface area contributed by atoms with Gasteiger partial charge in [0, 0.05) is 23.4 Å². The number of ether oxygens (including phenoxy) is 1. The summed E-state index contributed by atoms with van der Waals surface area (Å²) in [6.45, 7) is 2.92. The Morgan fingerprint density at radius 3 is 2.03 bits per heavy atom. The van der Waals surface area contributed by atoms with Crippen LogP contribution in [0.15, 0.2) is 18.2 Å². The average molecular weight is 450 g/mol. The number of nitrogens with one attached hydrogen (secondary N) is 1. The third kappa shape index (κ3) is 11.3. The molecule has 1 aliphatic rings. The van der Waals surface area contributed by atoms with E-state index in [0.717, 1.165) is 30.6 Å². The number of carbonyl (C=O) groups excluding carboxylic acids is 1. The minimum absolute atomic E-state index is 0.0197. The summed E-state index contributed by atoms with van der Waals surface area (Å²) in [5, 5.41) is 3.86. The average Bonchev–Trinajstić information content (AvgIpc) is 2.77. The van der Waals surface area contributed by atoms with Gasteiger partial charge in [-0.1, -0.05) is 108 Å². The number of rotatable bonds is 17. The molecule has 0 saturated carbocycles. The standard InChI is InChI=1S/C27H44ClNO2/c1-2-3-4-5-6-7-8-9-10-11-12-13-14-15-16-17-27(30)29-25-20-21-31-26-19-18-23(28)22-24(25)26/h18-19,22,25H,2-17,20-21H2,1H3,(H,29,30). The van der Waals surface area contributed by atoms with Crippen LogP contribution in [0.25, 0.3) is 0 Å². The second kappa shape index (κ2) is 16.4. The van der Waals surface area contributed by atoms with Crippen molar-refractivity contribution in [1.29, 1.82) is 0 Å². The van der Waals surface area contributed by atoms with E-state index >= 15 is 0 Å². The second-order valence-electron chi connectivity index (χ2n) is 9.14. The van der Waals surface area contributed by atoms with E-state index in [1.165, 1.54) is 83.5 Å². The van der Waals surface area contributed by atoms with E-state index in [4.69, 9.17) is 16.3 Å². The summed E-state index contributed by atoms with van der Waals surface area (Å²) in [6, 6.07) is 5.66. The van der Waals surface area contributed by atoms with Crippen molar-refractivity contribution in [3.63, 3.8) is 0 Å². The highest BCUT2D eigenvalue weighted by Gasteiger charge is 2.23. The van der Waals surface area contributed by atoms with E-state index in [2.05, 4.69) is 12.2 Å². The number of amides is 1. The normalized spacial score (nSPS) is 15.4. The first-order chi connectivity index (χ1) is 15.2. The van der Waals surface area contributed by atoms with Gasteiger partial charge in [-0.15, -0.1) is 0 Å². The van der Waals surface area contributed by atoms with Crippen LogP contribution in [0.1, 0.15) is 128 Å². The Labute approximate surface area is 195 Å². The molecule has 0 radical (unpaired) electrons. The molecular weight excluding hydrogens is 406 g/mol. The van der Waals surface area contributed by atoms with E-state index in [0.29, 0.717) is 18.1 Å². The number of fused-ring (bicyclic) bond motifs is 1. The van der Waals surface area contributed by atoms with Gasteiger partial charge < -0.3 is 10.1 Å². The lowest BCUT2D eigenvalue weighted by Crippen LogP contribution is -2.32. The summed E-state index contributed by atoms with van der Waals surface area (Å²) in [4.78, 5) is 12.4. The maximum atomic E-state index is 12.4. The van der Waals surface area contributed by atoms with Gasteiger partial charge >= 0.3 is 0 Å². The highest BCUT2D eigenvalue weighted by atomic mass is 35.5. The lowest BCUT2D eigenvalue weighted by atomic mass is 10.00. The van der Waals surface area contributed by atoms with Crippen LogP contribution in [0, 0.1) is 0 Å². The van der Waals surface area contributed by atoms with Gasteiger partial charge in [-0.25, -0.2) is 0 Å². The van der Waals surface area contributed by atoms with Crippen molar-refractivity contribution in [3.05, 3.63) is 28.8 Å². The molecule has 3 nitrogen and oxygen atoms in total. The summed E-state index contributed by atoms with van der Waals surface area (Å²) < 4.78 is 5.67. The van der Waals surface area contributed by atoms with Crippen LogP contribution in [0.5, 0.6) is 5.75 Å². The molecule has 1 aliphatic heterocycles. The molecule has 2 rings (SSSR count). The van der Waals surface area contributed by atoms with Crippen LogP contribution < -0.4 is 10.1 Å². The van der Waals surface area contributed by atoms with Crippen LogP contribution in [0.3, 0.4) is 0 Å². The minimum Gasteiger partial charge on any atom is -0.493 e. The van der Waals surface area contributed by atoms with Gasteiger partial charge in [0.05, 0.1) is 12.6 Å². The van der Waals surface area contributed by atoms with Crippen LogP contribution in [-0.4, -0.2) is 12.5 Å². The summed E-state index contributed by atoms with van der Waals surface area (Å²) >= 11 is 6.12. The molecule has 4 heteroatoms. The molecule has 0 bridgehead atoms. The smallest absolute Gasteiger partial charge is 0.220 e. The molecule has 1 amide bonds. The summed E-state index contributed by atoms with van der Waals surface area (Å²) in [7, 11) is 0. The van der Waals surface area contributed by atoms with Gasteiger partial charge in [0.15, 0.2) is 0 Å². The second-order valence-corrected chi connectivity index (χ2v) is 9.58. The fourth-order valence-corrected chi connectivity index (χ4v) is 4.62. The molecule has 1 unspecified atom stereocenters. The molecule has 1 aromatic carbocycles. The van der Waals surface area contributed by atoms with E-state index in [1.807, 2.05) is 18.2 Å². The number of carbonyl (C=O) groups is 1. The molecule has 0 fully saturated rings. The van der Waals surface area contributed by atoms with Crippen LogP contribution in [0.4, 0.5) is 0 Å². The molecule has 0 saturated heterocycles. The van der Waals surface area contributed by atoms with Gasteiger partial charge in [0.2, 0.25) is 5.91 Å². The van der Waals surface area contributed by atoms with E-state index < -0.39 is 0 Å². The fraction of sp³-hybridized carbons (Fsp3) is 0.741. The Kier molecular flexibility index (Phi) is 13.8. The molecular formula is C27H44ClNO2. The monoisotopic (exact) mass is 449 g/mol. The SMILES string of the molecule is CCCCCCCCCCCCCCCCCC(=O)NC1CCOc2ccc(Cl)cc21. The maximum Gasteiger partial charge on any atom is 0.220 e. The molecule has 1 atom stereocenters. The molecule has 0 aromatic heterocycles. The first kappa shape index (κ1) is 26.0. The van der Waals surface area contributed by atoms with E-state index in [-0.39, 0.29) is 11.9 Å². The van der Waals surface area contributed by atoms with Gasteiger partial charge in [0.25, 0.3) is 0 Å². The molecule has 0 aliphatic carbocycles. The summed E-state index contributed by atoms with van der Waals surface area (Å²) in [5.41, 5.74) is 1.00. The lowest BCUT2D eigenvalue weighted by Gasteiger charge is -2.27. The van der Waals surface area contributed by atoms with Crippen LogP contribution in [0.2, 0.25) is 5.02 Å². The Bertz CT molecular complexity index is 619. The highest BCUT2D eigenvalue weighted by Crippen LogP contribution is 2.34. The molecule has 0 spiro atoms. The Balaban J connectivity index is 1.41. The zero-order valence-corrected chi connectivity index (χ0v) is 20.5. The van der Waals surface area contributed by atoms with Gasteiger partial charge in [0.1, 0.15) is 5.75 Å². The van der Waals surface area contributed by atoms with E-state index in [1.54, 1.807) is 0 Å². The van der Waals surface area contributed by atoms with Crippen LogP contribution in [-0.2, 0) is 4.79 Å². The number of benzene rings is 1. The minimum atomic E-state index is 0.0197. The number of hydrogen-bond donors (Lipinski definition) is 1. The molecule has 1 aromatic rings. The number of unbranched alkanes of at least 4 members (excludes halogenated alkanes) is 14. The lowest BCUT2D eigenvalue weighted by molar-refractivity contribution is -0.122. The molecule has 176 valence electrons. The number of hydrogen-bond acceptors (Lipinski definition) is 2. The Morgan fingerprint density at radius 1 is 0.903 bits per heavy atom. The van der Waals surface area contributed by atoms with Crippen LogP contribution >= 0.6 is 11.6 Å². The quantitative estimate of drug-likeness (QED) is 0.242. The first-order valence-electron chi connectivity index (χ1n) is 12.9. The molecule has 31 heavy (non-hydrogen) atoms. The molecule has 1 heterocycles. The zero-order chi connectivity index (χ0) is 22.2. The Hall–Kier alpha value is -1.22. The molecule has 1 N–H and O–H groups in total. The van der Waals surface area contributed by atoms with Crippen molar-refractivity contribution in [2.45, 2.75) is 122 Å². The third-order valence-corrected chi connectivity index (χ3v) is 6.59. The van der Waals surface area contributed by atoms with Crippen molar-refractivity contribution in [2.24, 2.45) is 0 Å². The van der Waals surface area contributed by atoms with Crippen molar-refractivity contribution in [3.8, 4) is 5.75 Å². The summed E-state index contributed by atoms with van der Waals surface area (Å²) in [6.07, 6.45) is 21.5. The van der Waals surface area contributed by atoms with Crippen molar-refractivity contribution in [2.75, 3.05) is 6.61 Å². The van der Waals surface area contributed by atoms with Crippen molar-refractivity contribution < 1.29 is 9.53 Å². The first-order valence-corrected chi connectivity index (χ1v) is 13.3. The van der Waals surface area contributed by atoms with Gasteiger partial charge in [-0.05, 0) is 24.6 Å². The third-order valence-electron chi connectivity index (χ3n) is 6.35. The predicted molar refractivity (Wildman–Crippen MR) is 132 cm³/mol. The van der Waals surface area contributed by atoms with Gasteiger partial charge in [-0.3, -0.25) is 4.79 Å². The topological polar surface area (TPSA) is 38.3 Å². The fourth-order valence-electron chi connectivity index (χ4n) is 4.44. The highest BCUT2D eigenvalue weighted by molar-refractivity contribution is 6.30. The summed E-state index contributed by atoms with van der Waals surface area (Å²) in [5.74, 6) is 0.987. The van der Waals surface area contributed by atoms with Crippen molar-refractivity contribution >= 4 is 17.5 Å². The predicted octanol–water partition coefficient (Wildman–Crippen LogP) is 8.54. The maximum absolute atomic E-state index is 12.4. The van der Waals surface area contributed by atoms with Gasteiger partial charge in [-0.2, -0.15) is 0 Å². The Morgan fingerprint density at radius 2 is 1.45 bits per heavy atom. The largest absolute Gasteiger partial charge is 0.493 e. The van der Waals surface area contributed by atoms with E-state index in [9.17, 15) is 4.79 Å². The zero-order valence-electron chi connectivity index (χ0n) is 19.7.